The molecule has 1 aromatic carbocycles. The normalized spacial score (nSPS) is 12.0. The molecule has 1 heterocycles. The molecule has 112 valence electrons. The topological polar surface area (TPSA) is 3.88 Å². The molecule has 0 atom stereocenters. The van der Waals surface area contributed by atoms with Crippen LogP contribution in [0.3, 0.4) is 0 Å². The monoisotopic (exact) mass is 282 g/mol. The van der Waals surface area contributed by atoms with Gasteiger partial charge in [0.05, 0.1) is 0 Å². The number of hydrogen-bond donors (Lipinski definition) is 0. The van der Waals surface area contributed by atoms with Crippen LogP contribution in [0.15, 0.2) is 36.5 Å². The van der Waals surface area contributed by atoms with Crippen molar-refractivity contribution < 1.29 is 4.57 Å². The maximum Gasteiger partial charge on any atom is 0.212 e. The molecule has 0 aliphatic heterocycles. The van der Waals surface area contributed by atoms with Gasteiger partial charge in [0, 0.05) is 17.7 Å². The van der Waals surface area contributed by atoms with Crippen LogP contribution in [0, 0.1) is 6.92 Å². The Morgan fingerprint density at radius 1 is 1.00 bits per heavy atom. The van der Waals surface area contributed by atoms with Crippen molar-refractivity contribution in [2.75, 3.05) is 0 Å². The van der Waals surface area contributed by atoms with E-state index in [9.17, 15) is 0 Å². The number of hydrogen-bond acceptors (Lipinski definition) is 0. The van der Waals surface area contributed by atoms with Crippen molar-refractivity contribution in [1.29, 1.82) is 0 Å². The molecule has 0 N–H and O–H groups in total. The van der Waals surface area contributed by atoms with Gasteiger partial charge in [-0.25, -0.2) is 4.57 Å². The van der Waals surface area contributed by atoms with E-state index >= 15 is 0 Å². The second kappa shape index (κ2) is 5.63. The predicted molar refractivity (Wildman–Crippen MR) is 90.6 cm³/mol. The highest BCUT2D eigenvalue weighted by Crippen LogP contribution is 2.29. The average Bonchev–Trinajstić information content (AvgIpc) is 2.38. The van der Waals surface area contributed by atoms with Crippen LogP contribution in [-0.2, 0) is 12.5 Å². The Labute approximate surface area is 129 Å². The van der Waals surface area contributed by atoms with E-state index < -0.39 is 0 Å². The number of pyridine rings is 1. The van der Waals surface area contributed by atoms with Crippen LogP contribution >= 0.6 is 0 Å². The van der Waals surface area contributed by atoms with Crippen LogP contribution in [0.25, 0.3) is 11.3 Å². The zero-order chi connectivity index (χ0) is 15.8. The lowest BCUT2D eigenvalue weighted by atomic mass is 9.86. The van der Waals surface area contributed by atoms with E-state index in [-0.39, 0.29) is 5.41 Å². The second-order valence-electron chi connectivity index (χ2n) is 7.39. The van der Waals surface area contributed by atoms with Crippen LogP contribution in [0.1, 0.15) is 57.2 Å². The Morgan fingerprint density at radius 3 is 2.24 bits per heavy atom. The minimum Gasteiger partial charge on any atom is -0.201 e. The third-order valence-electron chi connectivity index (χ3n) is 4.22. The Balaban J connectivity index is 2.63. The van der Waals surface area contributed by atoms with Gasteiger partial charge in [-0.05, 0) is 41.0 Å². The highest BCUT2D eigenvalue weighted by molar-refractivity contribution is 5.63. The van der Waals surface area contributed by atoms with Gasteiger partial charge in [0.15, 0.2) is 6.20 Å². The molecule has 0 amide bonds. The quantitative estimate of drug-likeness (QED) is 0.689. The molecule has 1 aromatic heterocycles. The van der Waals surface area contributed by atoms with Gasteiger partial charge in [-0.1, -0.05) is 46.8 Å². The summed E-state index contributed by atoms with van der Waals surface area (Å²) in [5.41, 5.74) is 6.92. The molecular formula is C20H28N+. The number of aryl methyl sites for hydroxylation is 2. The van der Waals surface area contributed by atoms with Gasteiger partial charge in [-0.3, -0.25) is 0 Å². The molecule has 2 aromatic rings. The SMILES string of the molecule is Cc1ccc(C(C)C)cc1-c1cc(C(C)(C)C)cc[n+]1C. The zero-order valence-electron chi connectivity index (χ0n) is 14.5. The smallest absolute Gasteiger partial charge is 0.201 e. The fourth-order valence-corrected chi connectivity index (χ4v) is 2.58. The Morgan fingerprint density at radius 2 is 1.67 bits per heavy atom. The highest BCUT2D eigenvalue weighted by Gasteiger charge is 2.20. The lowest BCUT2D eigenvalue weighted by Crippen LogP contribution is -2.32. The number of aromatic nitrogens is 1. The third kappa shape index (κ3) is 3.34. The standard InChI is InChI=1S/C20H28N/c1-14(2)16-9-8-15(3)18(12-16)19-13-17(20(4,5)6)10-11-21(19)7/h8-14H,1-7H3/q+1. The average molecular weight is 282 g/mol. The molecule has 0 aliphatic carbocycles. The Hall–Kier alpha value is -1.63. The maximum atomic E-state index is 2.35. The van der Waals surface area contributed by atoms with E-state index in [1.165, 1.54) is 27.9 Å². The second-order valence-corrected chi connectivity index (χ2v) is 7.39. The lowest BCUT2D eigenvalue weighted by molar-refractivity contribution is -0.660. The zero-order valence-corrected chi connectivity index (χ0v) is 14.5. The molecule has 0 bridgehead atoms. The molecular weight excluding hydrogens is 254 g/mol. The summed E-state index contributed by atoms with van der Waals surface area (Å²) < 4.78 is 2.22. The van der Waals surface area contributed by atoms with E-state index in [1.807, 2.05) is 0 Å². The predicted octanol–water partition coefficient (Wildman–Crippen LogP) is 4.91. The van der Waals surface area contributed by atoms with E-state index in [0.717, 1.165) is 0 Å². The molecule has 1 nitrogen and oxygen atoms in total. The van der Waals surface area contributed by atoms with Crippen molar-refractivity contribution in [2.24, 2.45) is 7.05 Å². The van der Waals surface area contributed by atoms with Crippen LogP contribution in [-0.4, -0.2) is 0 Å². The fourth-order valence-electron chi connectivity index (χ4n) is 2.58. The molecule has 0 unspecified atom stereocenters. The fraction of sp³-hybridized carbons (Fsp3) is 0.450. The van der Waals surface area contributed by atoms with Gasteiger partial charge >= 0.3 is 0 Å². The van der Waals surface area contributed by atoms with Crippen LogP contribution < -0.4 is 4.57 Å². The summed E-state index contributed by atoms with van der Waals surface area (Å²) in [6.45, 7) is 13.5. The van der Waals surface area contributed by atoms with Gasteiger partial charge in [0.1, 0.15) is 7.05 Å². The summed E-state index contributed by atoms with van der Waals surface area (Å²) in [4.78, 5) is 0. The van der Waals surface area contributed by atoms with Crippen LogP contribution in [0.4, 0.5) is 0 Å². The van der Waals surface area contributed by atoms with Gasteiger partial charge in [-0.15, -0.1) is 0 Å². The van der Waals surface area contributed by atoms with E-state index in [2.05, 4.69) is 89.7 Å². The van der Waals surface area contributed by atoms with Gasteiger partial charge in [-0.2, -0.15) is 0 Å². The van der Waals surface area contributed by atoms with E-state index in [1.54, 1.807) is 0 Å². The first-order valence-electron chi connectivity index (χ1n) is 7.81. The Bertz CT molecular complexity index is 645. The molecule has 0 saturated heterocycles. The first-order chi connectivity index (χ1) is 9.70. The third-order valence-corrected chi connectivity index (χ3v) is 4.22. The van der Waals surface area contributed by atoms with Crippen molar-refractivity contribution in [3.63, 3.8) is 0 Å². The van der Waals surface area contributed by atoms with E-state index in [0.29, 0.717) is 5.92 Å². The molecule has 2 rings (SSSR count). The van der Waals surface area contributed by atoms with Crippen molar-refractivity contribution in [1.82, 2.24) is 0 Å². The highest BCUT2D eigenvalue weighted by atomic mass is 14.9. The lowest BCUT2D eigenvalue weighted by Gasteiger charge is -2.19. The van der Waals surface area contributed by atoms with Crippen molar-refractivity contribution in [3.05, 3.63) is 53.2 Å². The summed E-state index contributed by atoms with van der Waals surface area (Å²) in [5, 5.41) is 0. The van der Waals surface area contributed by atoms with Crippen molar-refractivity contribution >= 4 is 0 Å². The minimum absolute atomic E-state index is 0.173. The molecule has 0 spiro atoms. The van der Waals surface area contributed by atoms with E-state index in [4.69, 9.17) is 0 Å². The Kier molecular flexibility index (Phi) is 4.22. The first-order valence-corrected chi connectivity index (χ1v) is 7.81. The molecule has 1 heteroatoms. The first kappa shape index (κ1) is 15.8. The number of rotatable bonds is 2. The van der Waals surface area contributed by atoms with Gasteiger partial charge in [0.2, 0.25) is 5.69 Å². The summed E-state index contributed by atoms with van der Waals surface area (Å²) in [7, 11) is 2.13. The summed E-state index contributed by atoms with van der Waals surface area (Å²) in [6.07, 6.45) is 2.18. The summed E-state index contributed by atoms with van der Waals surface area (Å²) >= 11 is 0. The largest absolute Gasteiger partial charge is 0.212 e. The number of nitrogens with zero attached hydrogens (tertiary/aromatic N) is 1. The molecule has 0 radical (unpaired) electrons. The molecule has 0 saturated carbocycles. The van der Waals surface area contributed by atoms with Crippen LogP contribution in [0.2, 0.25) is 0 Å². The van der Waals surface area contributed by atoms with Gasteiger partial charge in [0.25, 0.3) is 0 Å². The molecule has 0 fully saturated rings. The maximum absolute atomic E-state index is 2.35. The summed E-state index contributed by atoms with van der Waals surface area (Å²) in [5.74, 6) is 0.556. The number of benzene rings is 1. The minimum atomic E-state index is 0.173. The molecule has 0 aliphatic rings. The molecule has 21 heavy (non-hydrogen) atoms. The van der Waals surface area contributed by atoms with Crippen molar-refractivity contribution in [2.45, 2.75) is 52.9 Å². The van der Waals surface area contributed by atoms with Crippen LogP contribution in [0.5, 0.6) is 0 Å². The van der Waals surface area contributed by atoms with Crippen molar-refractivity contribution in [3.8, 4) is 11.3 Å². The van der Waals surface area contributed by atoms with Gasteiger partial charge < -0.3 is 0 Å². The summed E-state index contributed by atoms with van der Waals surface area (Å²) in [6, 6.07) is 11.4.